The van der Waals surface area contributed by atoms with Gasteiger partial charge in [-0.1, -0.05) is 18.2 Å². The van der Waals surface area contributed by atoms with Crippen LogP contribution in [-0.4, -0.2) is 53.7 Å². The molecule has 1 saturated heterocycles. The van der Waals surface area contributed by atoms with Crippen LogP contribution in [0.5, 0.6) is 11.5 Å². The lowest BCUT2D eigenvalue weighted by molar-refractivity contribution is -0.133. The van der Waals surface area contributed by atoms with Crippen LogP contribution in [-0.2, 0) is 11.3 Å². The predicted molar refractivity (Wildman–Crippen MR) is 122 cm³/mol. The van der Waals surface area contributed by atoms with Crippen molar-refractivity contribution in [1.82, 2.24) is 14.8 Å². The molecule has 0 radical (unpaired) electrons. The van der Waals surface area contributed by atoms with Gasteiger partial charge >= 0.3 is 0 Å². The van der Waals surface area contributed by atoms with Crippen LogP contribution in [0.25, 0.3) is 10.2 Å². The van der Waals surface area contributed by atoms with E-state index < -0.39 is 0 Å². The van der Waals surface area contributed by atoms with Crippen LogP contribution < -0.4 is 9.47 Å². The third kappa shape index (κ3) is 4.38. The lowest BCUT2D eigenvalue weighted by Crippen LogP contribution is -2.43. The van der Waals surface area contributed by atoms with E-state index in [1.807, 2.05) is 36.1 Å². The van der Waals surface area contributed by atoms with E-state index in [-0.39, 0.29) is 12.7 Å². The molecule has 1 amide bonds. The highest BCUT2D eigenvalue weighted by Gasteiger charge is 2.26. The lowest BCUT2D eigenvalue weighted by Gasteiger charge is -2.33. The number of piperidine rings is 1. The number of rotatable bonds is 6. The Morgan fingerprint density at radius 3 is 2.97 bits per heavy atom. The monoisotopic (exact) mass is 437 g/mol. The van der Waals surface area contributed by atoms with E-state index in [1.165, 1.54) is 9.71 Å². The van der Waals surface area contributed by atoms with Gasteiger partial charge < -0.3 is 14.4 Å². The molecule has 0 aliphatic carbocycles. The van der Waals surface area contributed by atoms with Gasteiger partial charge in [0.25, 0.3) is 0 Å². The topological polar surface area (TPSA) is 54.9 Å². The fraction of sp³-hybridized carbons (Fsp3) is 0.417. The minimum absolute atomic E-state index is 0.171. The number of carbonyl (C=O) groups is 1. The average Bonchev–Trinajstić information content (AvgIpc) is 3.44. The SMILES string of the molecule is CCN(Cc1ccc2c(c1)OCO2)C(=O)CN1CCCC(c2nc3ccccc3s2)C1. The van der Waals surface area contributed by atoms with E-state index in [0.717, 1.165) is 48.5 Å². The van der Waals surface area contributed by atoms with Crippen molar-refractivity contribution in [2.45, 2.75) is 32.2 Å². The van der Waals surface area contributed by atoms with Crippen molar-refractivity contribution in [1.29, 1.82) is 0 Å². The maximum Gasteiger partial charge on any atom is 0.237 e. The molecule has 6 nitrogen and oxygen atoms in total. The highest BCUT2D eigenvalue weighted by Crippen LogP contribution is 2.34. The van der Waals surface area contributed by atoms with Crippen molar-refractivity contribution in [2.24, 2.45) is 0 Å². The van der Waals surface area contributed by atoms with E-state index in [0.29, 0.717) is 25.6 Å². The summed E-state index contributed by atoms with van der Waals surface area (Å²) in [5.41, 5.74) is 2.14. The summed E-state index contributed by atoms with van der Waals surface area (Å²) in [5.74, 6) is 2.11. The summed E-state index contributed by atoms with van der Waals surface area (Å²) in [6.07, 6.45) is 2.24. The molecule has 1 aromatic heterocycles. The molecule has 162 valence electrons. The first kappa shape index (κ1) is 20.3. The van der Waals surface area contributed by atoms with Crippen molar-refractivity contribution < 1.29 is 14.3 Å². The Labute approximate surface area is 186 Å². The molecule has 3 heterocycles. The van der Waals surface area contributed by atoms with Crippen molar-refractivity contribution in [2.75, 3.05) is 33.0 Å². The van der Waals surface area contributed by atoms with Gasteiger partial charge in [-0.25, -0.2) is 4.98 Å². The van der Waals surface area contributed by atoms with Crippen LogP contribution in [0.1, 0.15) is 36.3 Å². The molecule has 0 saturated carbocycles. The standard InChI is InChI=1S/C24H27N3O3S/c1-2-27(13-17-9-10-20-21(12-17)30-16-29-20)23(28)15-26-11-5-6-18(14-26)24-25-19-7-3-4-8-22(19)31-24/h3-4,7-10,12,18H,2,5-6,11,13-16H2,1H3. The van der Waals surface area contributed by atoms with E-state index >= 15 is 0 Å². The Bertz CT molecular complexity index is 1050. The molecule has 1 fully saturated rings. The first-order chi connectivity index (χ1) is 15.2. The number of ether oxygens (including phenoxy) is 2. The molecule has 1 unspecified atom stereocenters. The van der Waals surface area contributed by atoms with Crippen molar-refractivity contribution in [3.63, 3.8) is 0 Å². The number of amides is 1. The summed E-state index contributed by atoms with van der Waals surface area (Å²) in [6, 6.07) is 14.2. The van der Waals surface area contributed by atoms with Gasteiger partial charge in [-0.2, -0.15) is 0 Å². The summed E-state index contributed by atoms with van der Waals surface area (Å²) < 4.78 is 12.1. The number of benzene rings is 2. The minimum Gasteiger partial charge on any atom is -0.454 e. The van der Waals surface area contributed by atoms with Gasteiger partial charge in [0.1, 0.15) is 0 Å². The molecule has 0 bridgehead atoms. The first-order valence-corrected chi connectivity index (χ1v) is 11.8. The molecule has 7 heteroatoms. The number of fused-ring (bicyclic) bond motifs is 2. The second-order valence-corrected chi connectivity index (χ2v) is 9.25. The van der Waals surface area contributed by atoms with Gasteiger partial charge in [0.05, 0.1) is 21.8 Å². The molecule has 2 aliphatic rings. The number of likely N-dealkylation sites (tertiary alicyclic amines) is 1. The number of nitrogens with zero attached hydrogens (tertiary/aromatic N) is 3. The zero-order valence-electron chi connectivity index (χ0n) is 17.8. The summed E-state index contributed by atoms with van der Waals surface area (Å²) in [6.45, 7) is 5.89. The van der Waals surface area contributed by atoms with Crippen molar-refractivity contribution in [3.05, 3.63) is 53.0 Å². The third-order valence-corrected chi connectivity index (χ3v) is 7.27. The number of hydrogen-bond donors (Lipinski definition) is 0. The molecule has 0 spiro atoms. The highest BCUT2D eigenvalue weighted by molar-refractivity contribution is 7.18. The second kappa shape index (κ2) is 8.85. The molecule has 31 heavy (non-hydrogen) atoms. The van der Waals surface area contributed by atoms with Crippen LogP contribution in [0.4, 0.5) is 0 Å². The van der Waals surface area contributed by atoms with E-state index in [9.17, 15) is 4.79 Å². The number of thiazole rings is 1. The van der Waals surface area contributed by atoms with Gasteiger partial charge in [0.2, 0.25) is 12.7 Å². The normalized spacial score (nSPS) is 18.4. The largest absolute Gasteiger partial charge is 0.454 e. The van der Waals surface area contributed by atoms with Crippen LogP contribution >= 0.6 is 11.3 Å². The molecular weight excluding hydrogens is 410 g/mol. The number of hydrogen-bond acceptors (Lipinski definition) is 6. The molecule has 2 aromatic carbocycles. The predicted octanol–water partition coefficient (Wildman–Crippen LogP) is 4.25. The molecule has 1 atom stereocenters. The van der Waals surface area contributed by atoms with E-state index in [2.05, 4.69) is 23.1 Å². The Hall–Kier alpha value is -2.64. The Kier molecular flexibility index (Phi) is 5.78. The number of para-hydroxylation sites is 1. The second-order valence-electron chi connectivity index (χ2n) is 8.19. The third-order valence-electron chi connectivity index (χ3n) is 6.07. The van der Waals surface area contributed by atoms with Gasteiger partial charge in [-0.15, -0.1) is 11.3 Å². The zero-order valence-corrected chi connectivity index (χ0v) is 18.6. The fourth-order valence-electron chi connectivity index (χ4n) is 4.39. The van der Waals surface area contributed by atoms with Crippen LogP contribution in [0, 0.1) is 0 Å². The summed E-state index contributed by atoms with van der Waals surface area (Å²) in [4.78, 5) is 22.2. The van der Waals surface area contributed by atoms with Crippen LogP contribution in [0.3, 0.4) is 0 Å². The van der Waals surface area contributed by atoms with Gasteiger partial charge in [0.15, 0.2) is 11.5 Å². The molecule has 5 rings (SSSR count). The fourth-order valence-corrected chi connectivity index (χ4v) is 5.49. The Balaban J connectivity index is 1.22. The van der Waals surface area contributed by atoms with Crippen LogP contribution in [0.15, 0.2) is 42.5 Å². The van der Waals surface area contributed by atoms with Crippen LogP contribution in [0.2, 0.25) is 0 Å². The molecule has 2 aliphatic heterocycles. The van der Waals surface area contributed by atoms with Crippen molar-refractivity contribution in [3.8, 4) is 11.5 Å². The van der Waals surface area contributed by atoms with E-state index in [4.69, 9.17) is 14.5 Å². The first-order valence-electron chi connectivity index (χ1n) is 10.9. The average molecular weight is 438 g/mol. The maximum absolute atomic E-state index is 13.1. The molecular formula is C24H27N3O3S. The highest BCUT2D eigenvalue weighted by atomic mass is 32.1. The number of aromatic nitrogens is 1. The lowest BCUT2D eigenvalue weighted by atomic mass is 9.98. The van der Waals surface area contributed by atoms with Gasteiger partial charge in [-0.05, 0) is 56.1 Å². The quantitative estimate of drug-likeness (QED) is 0.577. The molecule has 3 aromatic rings. The van der Waals surface area contributed by atoms with Gasteiger partial charge in [-0.3, -0.25) is 9.69 Å². The Morgan fingerprint density at radius 1 is 1.23 bits per heavy atom. The number of likely N-dealkylation sites (N-methyl/N-ethyl adjacent to an activating group) is 1. The minimum atomic E-state index is 0.171. The zero-order chi connectivity index (χ0) is 21.2. The summed E-state index contributed by atoms with van der Waals surface area (Å²) >= 11 is 1.79. The van der Waals surface area contributed by atoms with Gasteiger partial charge in [0, 0.05) is 25.6 Å². The Morgan fingerprint density at radius 2 is 2.10 bits per heavy atom. The maximum atomic E-state index is 13.1. The summed E-state index contributed by atoms with van der Waals surface area (Å²) in [7, 11) is 0. The molecule has 0 N–H and O–H groups in total. The summed E-state index contributed by atoms with van der Waals surface area (Å²) in [5, 5.41) is 1.20. The van der Waals surface area contributed by atoms with Crippen molar-refractivity contribution >= 4 is 27.5 Å². The smallest absolute Gasteiger partial charge is 0.237 e. The number of carbonyl (C=O) groups excluding carboxylic acids is 1. The van der Waals surface area contributed by atoms with E-state index in [1.54, 1.807) is 11.3 Å².